The molecule has 11 nitrogen and oxygen atoms in total. The fourth-order valence-corrected chi connectivity index (χ4v) is 4.80. The number of carbonyl (C=O) groups excluding carboxylic acids is 1. The summed E-state index contributed by atoms with van der Waals surface area (Å²) in [5.41, 5.74) is 5.13. The first-order valence-electron chi connectivity index (χ1n) is 11.3. The molecule has 0 bridgehead atoms. The summed E-state index contributed by atoms with van der Waals surface area (Å²) in [6.07, 6.45) is 9.44. The second-order valence-electron chi connectivity index (χ2n) is 8.54. The van der Waals surface area contributed by atoms with Crippen molar-refractivity contribution in [3.05, 3.63) is 60.6 Å². The molecule has 0 saturated carbocycles. The number of amides is 1. The van der Waals surface area contributed by atoms with Crippen LogP contribution in [-0.4, -0.2) is 53.7 Å². The van der Waals surface area contributed by atoms with E-state index in [1.807, 2.05) is 27.7 Å². The molecule has 1 fully saturated rings. The highest BCUT2D eigenvalue weighted by atomic mass is 16.1. The molecule has 34 heavy (non-hydrogen) atoms. The summed E-state index contributed by atoms with van der Waals surface area (Å²) in [7, 11) is 0. The van der Waals surface area contributed by atoms with Crippen LogP contribution in [-0.2, 0) is 11.2 Å². The van der Waals surface area contributed by atoms with Gasteiger partial charge in [0.15, 0.2) is 11.2 Å². The minimum absolute atomic E-state index is 0.0269. The van der Waals surface area contributed by atoms with Crippen molar-refractivity contribution in [1.29, 1.82) is 0 Å². The van der Waals surface area contributed by atoms with Gasteiger partial charge in [-0.25, -0.2) is 9.67 Å². The molecule has 0 radical (unpaired) electrons. The first-order chi connectivity index (χ1) is 16.7. The van der Waals surface area contributed by atoms with Gasteiger partial charge in [0.25, 0.3) is 0 Å². The maximum atomic E-state index is 11.8. The molecule has 4 heterocycles. The summed E-state index contributed by atoms with van der Waals surface area (Å²) in [6.45, 7) is 5.47. The highest BCUT2D eigenvalue weighted by molar-refractivity contribution is 5.99. The Bertz CT molecular complexity index is 1380. The Balaban J connectivity index is 1.29. The Morgan fingerprint density at radius 3 is 3.06 bits per heavy atom. The number of nitrogens with one attached hydrogen (secondary N) is 3. The summed E-state index contributed by atoms with van der Waals surface area (Å²) in [4.78, 5) is 21.0. The van der Waals surface area contributed by atoms with Crippen molar-refractivity contribution in [1.82, 2.24) is 40.1 Å². The Kier molecular flexibility index (Phi) is 5.02. The van der Waals surface area contributed by atoms with Crippen LogP contribution in [0.2, 0.25) is 0 Å². The van der Waals surface area contributed by atoms with Gasteiger partial charge in [0, 0.05) is 18.4 Å². The first-order valence-corrected chi connectivity index (χ1v) is 11.3. The maximum absolute atomic E-state index is 11.8. The minimum Gasteiger partial charge on any atom is -0.322 e. The van der Waals surface area contributed by atoms with Gasteiger partial charge < -0.3 is 16.0 Å². The number of nitrogens with zero attached hydrogens (tertiary/aromatic N) is 7. The molecule has 2 aliphatic rings. The minimum atomic E-state index is -0.223. The normalized spacial score (nSPS) is 19.3. The Morgan fingerprint density at radius 1 is 1.26 bits per heavy atom. The standard InChI is InChI=1S/C23H24N10O/c1-2-21(34)28-18-5-3-4-17-16(18)6-7-20(17)33-22-19(30-31-33)12-25-23(29-22)27-14-10-26-32(13-14)15-8-9-24-11-15/h2-5,10,12-13,15,20,24H,1,6-9,11H2,(H,28,34)(H,25,27,29)/t15?,20-/m0/s1. The van der Waals surface area contributed by atoms with E-state index < -0.39 is 0 Å². The third-order valence-corrected chi connectivity index (χ3v) is 6.46. The van der Waals surface area contributed by atoms with E-state index in [-0.39, 0.29) is 11.9 Å². The lowest BCUT2D eigenvalue weighted by Gasteiger charge is -2.14. The van der Waals surface area contributed by atoms with Crippen molar-refractivity contribution >= 4 is 34.4 Å². The molecule has 1 aliphatic heterocycles. The zero-order chi connectivity index (χ0) is 23.1. The van der Waals surface area contributed by atoms with Gasteiger partial charge in [0.05, 0.1) is 30.2 Å². The van der Waals surface area contributed by atoms with E-state index in [9.17, 15) is 4.79 Å². The van der Waals surface area contributed by atoms with Crippen LogP contribution < -0.4 is 16.0 Å². The number of hydrogen-bond acceptors (Lipinski definition) is 8. The molecule has 4 aromatic rings. The SMILES string of the molecule is C=CC(=O)Nc1cccc2c1CC[C@@H]2n1nnc2cnc(Nc3cnn(C4CCNC4)c3)nc21. The molecule has 1 aliphatic carbocycles. The third kappa shape index (κ3) is 3.59. The molecule has 3 aromatic heterocycles. The third-order valence-electron chi connectivity index (χ3n) is 6.46. The van der Waals surface area contributed by atoms with Gasteiger partial charge in [-0.05, 0) is 49.1 Å². The molecular weight excluding hydrogens is 432 g/mol. The van der Waals surface area contributed by atoms with Crippen LogP contribution in [0.25, 0.3) is 11.2 Å². The maximum Gasteiger partial charge on any atom is 0.247 e. The highest BCUT2D eigenvalue weighted by Crippen LogP contribution is 2.38. The van der Waals surface area contributed by atoms with E-state index >= 15 is 0 Å². The van der Waals surface area contributed by atoms with Crippen molar-refractivity contribution in [2.24, 2.45) is 0 Å². The van der Waals surface area contributed by atoms with Gasteiger partial charge in [-0.3, -0.25) is 9.48 Å². The van der Waals surface area contributed by atoms with Crippen molar-refractivity contribution < 1.29 is 4.79 Å². The smallest absolute Gasteiger partial charge is 0.247 e. The molecule has 0 spiro atoms. The lowest BCUT2D eigenvalue weighted by molar-refractivity contribution is -0.111. The van der Waals surface area contributed by atoms with Crippen molar-refractivity contribution in [2.45, 2.75) is 31.3 Å². The van der Waals surface area contributed by atoms with E-state index in [1.54, 1.807) is 12.4 Å². The molecule has 2 atom stereocenters. The van der Waals surface area contributed by atoms with Crippen molar-refractivity contribution in [2.75, 3.05) is 23.7 Å². The molecule has 11 heteroatoms. The van der Waals surface area contributed by atoms with Gasteiger partial charge >= 0.3 is 0 Å². The quantitative estimate of drug-likeness (QED) is 0.377. The van der Waals surface area contributed by atoms with Crippen LogP contribution in [0.15, 0.2) is 49.4 Å². The summed E-state index contributed by atoms with van der Waals surface area (Å²) >= 11 is 0. The number of anilines is 3. The summed E-state index contributed by atoms with van der Waals surface area (Å²) in [5.74, 6) is 0.240. The summed E-state index contributed by atoms with van der Waals surface area (Å²) < 4.78 is 3.83. The second kappa shape index (κ2) is 8.34. The number of benzene rings is 1. The van der Waals surface area contributed by atoms with Gasteiger partial charge in [-0.2, -0.15) is 10.1 Å². The average Bonchev–Trinajstić information content (AvgIpc) is 3.64. The van der Waals surface area contributed by atoms with Gasteiger partial charge in [0.2, 0.25) is 11.9 Å². The van der Waals surface area contributed by atoms with Crippen LogP contribution in [0.5, 0.6) is 0 Å². The molecule has 172 valence electrons. The fourth-order valence-electron chi connectivity index (χ4n) is 4.80. The topological polar surface area (TPSA) is 127 Å². The van der Waals surface area contributed by atoms with Crippen molar-refractivity contribution in [3.63, 3.8) is 0 Å². The van der Waals surface area contributed by atoms with Crippen LogP contribution in [0.3, 0.4) is 0 Å². The van der Waals surface area contributed by atoms with Crippen LogP contribution >= 0.6 is 0 Å². The van der Waals surface area contributed by atoms with Crippen LogP contribution in [0, 0.1) is 0 Å². The molecule has 1 unspecified atom stereocenters. The lowest BCUT2D eigenvalue weighted by atomic mass is 10.1. The van der Waals surface area contributed by atoms with Crippen molar-refractivity contribution in [3.8, 4) is 0 Å². The van der Waals surface area contributed by atoms with Crippen LogP contribution in [0.4, 0.5) is 17.3 Å². The van der Waals surface area contributed by atoms with Gasteiger partial charge in [-0.15, -0.1) is 5.10 Å². The predicted molar refractivity (Wildman–Crippen MR) is 127 cm³/mol. The molecule has 1 saturated heterocycles. The van der Waals surface area contributed by atoms with E-state index in [4.69, 9.17) is 4.98 Å². The number of hydrogen-bond donors (Lipinski definition) is 3. The van der Waals surface area contributed by atoms with Gasteiger partial charge in [0.1, 0.15) is 0 Å². The van der Waals surface area contributed by atoms with E-state index in [1.165, 1.54) is 6.08 Å². The number of carbonyl (C=O) groups is 1. The van der Waals surface area contributed by atoms with Gasteiger partial charge in [-0.1, -0.05) is 23.9 Å². The summed E-state index contributed by atoms with van der Waals surface area (Å²) in [6, 6.07) is 6.26. The number of rotatable bonds is 6. The van der Waals surface area contributed by atoms with E-state index in [0.717, 1.165) is 54.9 Å². The first kappa shape index (κ1) is 20.5. The zero-order valence-corrected chi connectivity index (χ0v) is 18.5. The second-order valence-corrected chi connectivity index (χ2v) is 8.54. The predicted octanol–water partition coefficient (Wildman–Crippen LogP) is 2.36. The number of aromatic nitrogens is 7. The average molecular weight is 457 g/mol. The molecular formula is C23H24N10O. The number of fused-ring (bicyclic) bond motifs is 2. The van der Waals surface area contributed by atoms with Crippen LogP contribution in [0.1, 0.15) is 36.1 Å². The van der Waals surface area contributed by atoms with E-state index in [2.05, 4.69) is 49.0 Å². The largest absolute Gasteiger partial charge is 0.322 e. The Labute approximate surface area is 195 Å². The molecule has 1 amide bonds. The lowest BCUT2D eigenvalue weighted by Crippen LogP contribution is -2.13. The Morgan fingerprint density at radius 2 is 2.21 bits per heavy atom. The molecule has 1 aromatic carbocycles. The fraction of sp³-hybridized carbons (Fsp3) is 0.304. The monoisotopic (exact) mass is 456 g/mol. The zero-order valence-electron chi connectivity index (χ0n) is 18.5. The van der Waals surface area contributed by atoms with E-state index in [0.29, 0.717) is 23.2 Å². The Hall–Kier alpha value is -4.12. The molecule has 6 rings (SSSR count). The highest BCUT2D eigenvalue weighted by Gasteiger charge is 2.29. The summed E-state index contributed by atoms with van der Waals surface area (Å²) in [5, 5.41) is 22.7. The molecule has 3 N–H and O–H groups in total.